The number of anilines is 1. The van der Waals surface area contributed by atoms with Crippen LogP contribution in [-0.4, -0.2) is 26.8 Å². The molecule has 1 aliphatic carbocycles. The molecule has 2 aromatic rings. The Bertz CT molecular complexity index is 1070. The quantitative estimate of drug-likeness (QED) is 0.646. The molecule has 0 fully saturated rings. The van der Waals surface area contributed by atoms with Crippen LogP contribution in [0.5, 0.6) is 0 Å². The lowest BCUT2D eigenvalue weighted by Crippen LogP contribution is -2.33. The summed E-state index contributed by atoms with van der Waals surface area (Å²) in [7, 11) is -3.84. The van der Waals surface area contributed by atoms with Crippen molar-refractivity contribution in [2.45, 2.75) is 44.9 Å². The average molecular weight is 436 g/mol. The highest BCUT2D eigenvalue weighted by molar-refractivity contribution is 7.89. The topological polar surface area (TPSA) is 118 Å². The Morgan fingerprint density at radius 1 is 1.28 bits per heavy atom. The fraction of sp³-hybridized carbons (Fsp3) is 0.400. The van der Waals surface area contributed by atoms with E-state index in [2.05, 4.69) is 17.0 Å². The van der Waals surface area contributed by atoms with Crippen molar-refractivity contribution in [1.29, 1.82) is 0 Å². The van der Waals surface area contributed by atoms with Crippen LogP contribution >= 0.6 is 11.3 Å². The van der Waals surface area contributed by atoms with Crippen LogP contribution in [0.25, 0.3) is 0 Å². The standard InChI is InChI=1S/C20H25N3O4S2/c1-11-5-7-14-15(8-11)28-20(18(14)19(21)25)23-17(24)10-22-29(26,27)16-9-12(2)4-6-13(16)3/h4,6,9,11,22H,5,7-8,10H2,1-3H3,(H2,21,25)(H,23,24)/t11-/m0/s1. The van der Waals surface area contributed by atoms with Crippen LogP contribution in [0.15, 0.2) is 23.1 Å². The van der Waals surface area contributed by atoms with E-state index in [-0.39, 0.29) is 4.90 Å². The summed E-state index contributed by atoms with van der Waals surface area (Å²) in [5, 5.41) is 3.06. The van der Waals surface area contributed by atoms with Crippen molar-refractivity contribution < 1.29 is 18.0 Å². The van der Waals surface area contributed by atoms with Crippen LogP contribution in [-0.2, 0) is 27.7 Å². The number of hydrogen-bond acceptors (Lipinski definition) is 5. The van der Waals surface area contributed by atoms with Crippen LogP contribution < -0.4 is 15.8 Å². The monoisotopic (exact) mass is 435 g/mol. The molecule has 1 heterocycles. The molecule has 1 aliphatic rings. The molecule has 0 saturated carbocycles. The molecular weight excluding hydrogens is 410 g/mol. The van der Waals surface area contributed by atoms with Gasteiger partial charge in [-0.25, -0.2) is 13.1 Å². The van der Waals surface area contributed by atoms with Gasteiger partial charge in [0, 0.05) is 4.88 Å². The van der Waals surface area contributed by atoms with Gasteiger partial charge in [0.05, 0.1) is 17.0 Å². The molecule has 29 heavy (non-hydrogen) atoms. The van der Waals surface area contributed by atoms with Crippen molar-refractivity contribution in [2.75, 3.05) is 11.9 Å². The summed E-state index contributed by atoms with van der Waals surface area (Å²) >= 11 is 1.35. The fourth-order valence-electron chi connectivity index (χ4n) is 3.51. The zero-order valence-electron chi connectivity index (χ0n) is 16.7. The van der Waals surface area contributed by atoms with Crippen molar-refractivity contribution in [3.8, 4) is 0 Å². The number of fused-ring (bicyclic) bond motifs is 1. The lowest BCUT2D eigenvalue weighted by atomic mass is 9.88. The zero-order chi connectivity index (χ0) is 21.3. The maximum Gasteiger partial charge on any atom is 0.251 e. The minimum absolute atomic E-state index is 0.142. The molecular formula is C20H25N3O4S2. The summed E-state index contributed by atoms with van der Waals surface area (Å²) in [6, 6.07) is 5.11. The summed E-state index contributed by atoms with van der Waals surface area (Å²) < 4.78 is 27.5. The third kappa shape index (κ3) is 4.68. The number of hydrogen-bond donors (Lipinski definition) is 3. The number of rotatable bonds is 6. The number of carbonyl (C=O) groups excluding carboxylic acids is 2. The molecule has 0 aliphatic heterocycles. The molecule has 1 atom stereocenters. The Labute approximate surface area is 174 Å². The predicted octanol–water partition coefficient (Wildman–Crippen LogP) is 2.51. The summed E-state index contributed by atoms with van der Waals surface area (Å²) in [6.45, 7) is 5.21. The highest BCUT2D eigenvalue weighted by Gasteiger charge is 2.27. The molecule has 1 aromatic heterocycles. The minimum Gasteiger partial charge on any atom is -0.365 e. The highest BCUT2D eigenvalue weighted by atomic mass is 32.2. The lowest BCUT2D eigenvalue weighted by molar-refractivity contribution is -0.115. The van der Waals surface area contributed by atoms with Gasteiger partial charge in [0.2, 0.25) is 15.9 Å². The second kappa shape index (κ2) is 8.25. The summed E-state index contributed by atoms with van der Waals surface area (Å²) in [4.78, 5) is 25.6. The van der Waals surface area contributed by atoms with Crippen molar-refractivity contribution in [1.82, 2.24) is 4.72 Å². The first-order valence-corrected chi connectivity index (χ1v) is 11.7. The molecule has 2 amide bonds. The van der Waals surface area contributed by atoms with Gasteiger partial charge < -0.3 is 11.1 Å². The Hall–Kier alpha value is -2.23. The Morgan fingerprint density at radius 3 is 2.69 bits per heavy atom. The van der Waals surface area contributed by atoms with E-state index in [0.29, 0.717) is 22.0 Å². The van der Waals surface area contributed by atoms with Gasteiger partial charge in [-0.1, -0.05) is 19.1 Å². The van der Waals surface area contributed by atoms with Gasteiger partial charge in [-0.2, -0.15) is 0 Å². The number of sulfonamides is 1. The summed E-state index contributed by atoms with van der Waals surface area (Å²) in [6.07, 6.45) is 2.56. The SMILES string of the molecule is Cc1ccc(C)c(S(=O)(=O)NCC(=O)Nc2sc3c(c2C(N)=O)CC[C@H](C)C3)c1. The number of nitrogens with one attached hydrogen (secondary N) is 2. The summed E-state index contributed by atoms with van der Waals surface area (Å²) in [5.41, 5.74) is 8.21. The molecule has 4 N–H and O–H groups in total. The van der Waals surface area contributed by atoms with E-state index >= 15 is 0 Å². The molecule has 0 saturated heterocycles. The molecule has 1 aromatic carbocycles. The Morgan fingerprint density at radius 2 is 2.00 bits per heavy atom. The third-order valence-electron chi connectivity index (χ3n) is 5.07. The van der Waals surface area contributed by atoms with E-state index in [1.54, 1.807) is 26.0 Å². The predicted molar refractivity (Wildman–Crippen MR) is 114 cm³/mol. The fourth-order valence-corrected chi connectivity index (χ4v) is 6.25. The first-order valence-electron chi connectivity index (χ1n) is 9.39. The first kappa shape index (κ1) is 21.5. The third-order valence-corrected chi connectivity index (χ3v) is 7.78. The number of amides is 2. The van der Waals surface area contributed by atoms with Gasteiger partial charge >= 0.3 is 0 Å². The second-order valence-electron chi connectivity index (χ2n) is 7.56. The number of thiophene rings is 1. The van der Waals surface area contributed by atoms with E-state index in [1.165, 1.54) is 11.3 Å². The zero-order valence-corrected chi connectivity index (χ0v) is 18.3. The van der Waals surface area contributed by atoms with Crippen LogP contribution in [0.4, 0.5) is 5.00 Å². The molecule has 0 spiro atoms. The Balaban J connectivity index is 1.75. The molecule has 0 unspecified atom stereocenters. The minimum atomic E-state index is -3.84. The van der Waals surface area contributed by atoms with Gasteiger partial charge in [-0.3, -0.25) is 9.59 Å². The van der Waals surface area contributed by atoms with E-state index in [4.69, 9.17) is 5.73 Å². The first-order chi connectivity index (χ1) is 13.6. The van der Waals surface area contributed by atoms with Crippen molar-refractivity contribution in [3.05, 3.63) is 45.3 Å². The summed E-state index contributed by atoms with van der Waals surface area (Å²) in [5.74, 6) is -0.619. The van der Waals surface area contributed by atoms with Crippen LogP contribution in [0.2, 0.25) is 0 Å². The van der Waals surface area contributed by atoms with Gasteiger partial charge in [0.25, 0.3) is 5.91 Å². The number of nitrogens with two attached hydrogens (primary N) is 1. The largest absolute Gasteiger partial charge is 0.365 e. The van der Waals surface area contributed by atoms with Gasteiger partial charge in [0.1, 0.15) is 5.00 Å². The normalized spacial score (nSPS) is 16.3. The molecule has 9 heteroatoms. The molecule has 0 bridgehead atoms. The van der Waals surface area contributed by atoms with Gasteiger partial charge in [0.15, 0.2) is 0 Å². The van der Waals surface area contributed by atoms with E-state index in [9.17, 15) is 18.0 Å². The smallest absolute Gasteiger partial charge is 0.251 e. The second-order valence-corrected chi connectivity index (χ2v) is 10.4. The maximum absolute atomic E-state index is 12.6. The van der Waals surface area contributed by atoms with Gasteiger partial charge in [-0.05, 0) is 61.8 Å². The van der Waals surface area contributed by atoms with Crippen molar-refractivity contribution in [2.24, 2.45) is 11.7 Å². The van der Waals surface area contributed by atoms with Crippen LogP contribution in [0, 0.1) is 19.8 Å². The van der Waals surface area contributed by atoms with Crippen LogP contribution in [0.3, 0.4) is 0 Å². The van der Waals surface area contributed by atoms with Crippen molar-refractivity contribution >= 4 is 38.2 Å². The van der Waals surface area contributed by atoms with E-state index in [1.807, 2.05) is 6.07 Å². The van der Waals surface area contributed by atoms with Crippen LogP contribution in [0.1, 0.15) is 45.3 Å². The molecule has 0 radical (unpaired) electrons. The number of primary amides is 1. The number of carbonyl (C=O) groups is 2. The number of aryl methyl sites for hydroxylation is 2. The highest BCUT2D eigenvalue weighted by Crippen LogP contribution is 2.39. The average Bonchev–Trinajstić information content (AvgIpc) is 2.99. The molecule has 156 valence electrons. The molecule has 7 nitrogen and oxygen atoms in total. The Kier molecular flexibility index (Phi) is 6.11. The van der Waals surface area contributed by atoms with E-state index in [0.717, 1.165) is 35.3 Å². The lowest BCUT2D eigenvalue weighted by Gasteiger charge is -2.18. The molecule has 3 rings (SSSR count). The maximum atomic E-state index is 12.6. The number of benzene rings is 1. The van der Waals surface area contributed by atoms with E-state index < -0.39 is 28.4 Å². The van der Waals surface area contributed by atoms with Gasteiger partial charge in [-0.15, -0.1) is 11.3 Å². The van der Waals surface area contributed by atoms with Crippen molar-refractivity contribution in [3.63, 3.8) is 0 Å².